The summed E-state index contributed by atoms with van der Waals surface area (Å²) in [5, 5.41) is 12.4. The van der Waals surface area contributed by atoms with Crippen molar-refractivity contribution in [1.82, 2.24) is 10.2 Å². The molecule has 0 spiro atoms. The largest absolute Gasteiger partial charge is 0.391 e. The number of aliphatic hydroxyl groups is 1. The van der Waals surface area contributed by atoms with Gasteiger partial charge in [-0.2, -0.15) is 0 Å². The number of nitrogens with one attached hydrogen (secondary N) is 1. The molecule has 0 saturated carbocycles. The van der Waals surface area contributed by atoms with Gasteiger partial charge in [-0.25, -0.2) is 0 Å². The first-order valence-corrected chi connectivity index (χ1v) is 6.48. The van der Waals surface area contributed by atoms with E-state index in [9.17, 15) is 14.7 Å². The van der Waals surface area contributed by atoms with Crippen molar-refractivity contribution in [3.05, 3.63) is 35.9 Å². The fourth-order valence-electron chi connectivity index (χ4n) is 2.82. The molecule has 1 aromatic rings. The first-order valence-electron chi connectivity index (χ1n) is 6.48. The van der Waals surface area contributed by atoms with Crippen LogP contribution >= 0.6 is 0 Å². The summed E-state index contributed by atoms with van der Waals surface area (Å²) in [6.45, 7) is 0.266. The Bertz CT molecular complexity index is 503. The van der Waals surface area contributed by atoms with Crippen molar-refractivity contribution in [2.24, 2.45) is 0 Å². The smallest absolute Gasteiger partial charge is 0.246 e. The zero-order valence-electron chi connectivity index (χ0n) is 10.5. The Morgan fingerprint density at radius 2 is 2.00 bits per heavy atom. The number of hydrogen-bond acceptors (Lipinski definition) is 3. The molecule has 19 heavy (non-hydrogen) atoms. The molecular formula is C14H16N2O3. The maximum atomic E-state index is 12.3. The summed E-state index contributed by atoms with van der Waals surface area (Å²) in [7, 11) is 0. The van der Waals surface area contributed by atoms with Crippen molar-refractivity contribution in [3.8, 4) is 0 Å². The number of carbonyl (C=O) groups is 2. The highest BCUT2D eigenvalue weighted by molar-refractivity contribution is 5.97. The number of amides is 2. The van der Waals surface area contributed by atoms with Crippen LogP contribution in [-0.4, -0.2) is 46.6 Å². The Labute approximate surface area is 111 Å². The number of fused-ring (bicyclic) bond motifs is 1. The average Bonchev–Trinajstić information content (AvgIpc) is 2.80. The molecule has 2 fully saturated rings. The topological polar surface area (TPSA) is 69.6 Å². The zero-order valence-corrected chi connectivity index (χ0v) is 10.5. The lowest BCUT2D eigenvalue weighted by atomic mass is 10.0. The van der Waals surface area contributed by atoms with E-state index in [-0.39, 0.29) is 18.4 Å². The Morgan fingerprint density at radius 1 is 1.26 bits per heavy atom. The van der Waals surface area contributed by atoms with Crippen LogP contribution in [0, 0.1) is 0 Å². The number of hydrogen-bond donors (Lipinski definition) is 2. The van der Waals surface area contributed by atoms with Crippen LogP contribution < -0.4 is 5.32 Å². The maximum absolute atomic E-state index is 12.3. The Balaban J connectivity index is 1.77. The second-order valence-corrected chi connectivity index (χ2v) is 5.15. The van der Waals surface area contributed by atoms with E-state index >= 15 is 0 Å². The van der Waals surface area contributed by atoms with Crippen molar-refractivity contribution in [2.45, 2.75) is 31.0 Å². The standard InChI is InChI=1S/C14H16N2O3/c17-10-7-12-13(18)15-11(14(19)16(12)8-10)6-9-4-2-1-3-5-9/h1-5,10-12,17H,6-8H2,(H,15,18)/t10?,11-,12-/m0/s1. The van der Waals surface area contributed by atoms with E-state index in [2.05, 4.69) is 5.32 Å². The minimum absolute atomic E-state index is 0.0926. The number of rotatable bonds is 2. The van der Waals surface area contributed by atoms with E-state index < -0.39 is 18.2 Å². The van der Waals surface area contributed by atoms with E-state index in [0.29, 0.717) is 12.8 Å². The second-order valence-electron chi connectivity index (χ2n) is 5.15. The fraction of sp³-hybridized carbons (Fsp3) is 0.429. The molecule has 5 heteroatoms. The van der Waals surface area contributed by atoms with Gasteiger partial charge in [0.1, 0.15) is 12.1 Å². The molecule has 0 bridgehead atoms. The van der Waals surface area contributed by atoms with Crippen LogP contribution in [0.2, 0.25) is 0 Å². The average molecular weight is 260 g/mol. The highest BCUT2D eigenvalue weighted by Crippen LogP contribution is 2.23. The van der Waals surface area contributed by atoms with E-state index in [1.807, 2.05) is 30.3 Å². The molecule has 1 aromatic carbocycles. The molecule has 3 rings (SSSR count). The second kappa shape index (κ2) is 4.66. The third-order valence-electron chi connectivity index (χ3n) is 3.76. The highest BCUT2D eigenvalue weighted by atomic mass is 16.3. The molecule has 0 radical (unpaired) electrons. The summed E-state index contributed by atoms with van der Waals surface area (Å²) in [4.78, 5) is 25.8. The molecule has 2 aliphatic heterocycles. The first-order chi connectivity index (χ1) is 9.15. The number of carbonyl (C=O) groups excluding carboxylic acids is 2. The van der Waals surface area contributed by atoms with Crippen LogP contribution in [0.4, 0.5) is 0 Å². The van der Waals surface area contributed by atoms with Gasteiger partial charge in [-0.05, 0) is 5.56 Å². The van der Waals surface area contributed by atoms with Crippen molar-refractivity contribution < 1.29 is 14.7 Å². The van der Waals surface area contributed by atoms with Gasteiger partial charge in [0.25, 0.3) is 0 Å². The van der Waals surface area contributed by atoms with Gasteiger partial charge in [0.05, 0.1) is 6.10 Å². The predicted octanol–water partition coefficient (Wildman–Crippen LogP) is -0.311. The molecule has 5 nitrogen and oxygen atoms in total. The van der Waals surface area contributed by atoms with Gasteiger partial charge in [0.2, 0.25) is 11.8 Å². The van der Waals surface area contributed by atoms with Gasteiger partial charge >= 0.3 is 0 Å². The summed E-state index contributed by atoms with van der Waals surface area (Å²) in [6.07, 6.45) is 0.246. The molecule has 0 aromatic heterocycles. The van der Waals surface area contributed by atoms with E-state index in [1.54, 1.807) is 0 Å². The summed E-state index contributed by atoms with van der Waals surface area (Å²) in [6, 6.07) is 8.59. The first kappa shape index (κ1) is 12.2. The van der Waals surface area contributed by atoms with Gasteiger partial charge in [-0.1, -0.05) is 30.3 Å². The fourth-order valence-corrected chi connectivity index (χ4v) is 2.82. The van der Waals surface area contributed by atoms with E-state index in [4.69, 9.17) is 0 Å². The summed E-state index contributed by atoms with van der Waals surface area (Å²) in [5.74, 6) is -0.248. The number of piperazine rings is 1. The molecule has 100 valence electrons. The molecule has 0 aliphatic carbocycles. The van der Waals surface area contributed by atoms with Gasteiger partial charge < -0.3 is 15.3 Å². The highest BCUT2D eigenvalue weighted by Gasteiger charge is 2.45. The zero-order chi connectivity index (χ0) is 13.4. The van der Waals surface area contributed by atoms with Crippen LogP contribution in [0.1, 0.15) is 12.0 Å². The van der Waals surface area contributed by atoms with Crippen molar-refractivity contribution in [1.29, 1.82) is 0 Å². The van der Waals surface area contributed by atoms with Crippen LogP contribution in [0.25, 0.3) is 0 Å². The molecule has 3 atom stereocenters. The van der Waals surface area contributed by atoms with Crippen LogP contribution in [0.3, 0.4) is 0 Å². The number of nitrogens with zero attached hydrogens (tertiary/aromatic N) is 1. The van der Waals surface area contributed by atoms with Gasteiger partial charge in [0, 0.05) is 19.4 Å². The van der Waals surface area contributed by atoms with Gasteiger partial charge in [0.15, 0.2) is 0 Å². The Morgan fingerprint density at radius 3 is 2.74 bits per heavy atom. The van der Waals surface area contributed by atoms with E-state index in [1.165, 1.54) is 4.90 Å². The lowest BCUT2D eigenvalue weighted by Crippen LogP contribution is -2.61. The van der Waals surface area contributed by atoms with Crippen LogP contribution in [0.15, 0.2) is 30.3 Å². The minimum atomic E-state index is -0.588. The van der Waals surface area contributed by atoms with E-state index in [0.717, 1.165) is 5.56 Å². The Kier molecular flexibility index (Phi) is 2.98. The van der Waals surface area contributed by atoms with Crippen LogP contribution in [-0.2, 0) is 16.0 Å². The molecular weight excluding hydrogens is 244 g/mol. The van der Waals surface area contributed by atoms with Gasteiger partial charge in [-0.3, -0.25) is 9.59 Å². The maximum Gasteiger partial charge on any atom is 0.246 e. The summed E-state index contributed by atoms with van der Waals surface area (Å²) >= 11 is 0. The third kappa shape index (κ3) is 2.21. The third-order valence-corrected chi connectivity index (χ3v) is 3.76. The molecule has 2 aliphatic rings. The monoisotopic (exact) mass is 260 g/mol. The minimum Gasteiger partial charge on any atom is -0.391 e. The van der Waals surface area contributed by atoms with Crippen LogP contribution in [0.5, 0.6) is 0 Å². The number of aliphatic hydroxyl groups excluding tert-OH is 1. The molecule has 2 saturated heterocycles. The molecule has 2 heterocycles. The number of benzene rings is 1. The normalized spacial score (nSPS) is 30.2. The summed E-state index contributed by atoms with van der Waals surface area (Å²) < 4.78 is 0. The summed E-state index contributed by atoms with van der Waals surface area (Å²) in [5.41, 5.74) is 1.01. The quantitative estimate of drug-likeness (QED) is 0.766. The van der Waals surface area contributed by atoms with Crippen molar-refractivity contribution in [2.75, 3.05) is 6.54 Å². The predicted molar refractivity (Wildman–Crippen MR) is 68.2 cm³/mol. The molecule has 2 N–H and O–H groups in total. The van der Waals surface area contributed by atoms with Crippen molar-refractivity contribution in [3.63, 3.8) is 0 Å². The van der Waals surface area contributed by atoms with Crippen molar-refractivity contribution >= 4 is 11.8 Å². The molecule has 1 unspecified atom stereocenters. The lowest BCUT2D eigenvalue weighted by molar-refractivity contribution is -0.147. The lowest BCUT2D eigenvalue weighted by Gasteiger charge is -2.34. The SMILES string of the molecule is O=C1N[C@@H](Cc2ccccc2)C(=O)N2CC(O)C[C@@H]12. The Hall–Kier alpha value is -1.88. The molecule has 2 amide bonds. The van der Waals surface area contributed by atoms with Gasteiger partial charge in [-0.15, -0.1) is 0 Å².